The number of sulfonamides is 1. The van der Waals surface area contributed by atoms with Gasteiger partial charge in [-0.3, -0.25) is 4.72 Å². The minimum atomic E-state index is -3.87. The van der Waals surface area contributed by atoms with E-state index in [1.807, 2.05) is 0 Å². The first-order chi connectivity index (χ1) is 12.3. The number of aryl methyl sites for hydroxylation is 1. The summed E-state index contributed by atoms with van der Waals surface area (Å²) in [4.78, 5) is 3.99. The number of pyridine rings is 1. The number of halogens is 2. The Morgan fingerprint density at radius 3 is 2.23 bits per heavy atom. The van der Waals surface area contributed by atoms with Crippen LogP contribution in [0.4, 0.5) is 26.0 Å². The standard InChI is InChI=1S/C18H15F2N3O2S/c1-12-10-16(7-8-17(12)20)26(24,25)23-18-9-6-15(11-21-18)22-14-4-2-13(19)3-5-14/h2-11,22H,1H3,(H,21,23). The molecule has 1 aromatic heterocycles. The first kappa shape index (κ1) is 17.8. The Kier molecular flexibility index (Phi) is 4.85. The summed E-state index contributed by atoms with van der Waals surface area (Å²) >= 11 is 0. The maximum Gasteiger partial charge on any atom is 0.263 e. The van der Waals surface area contributed by atoms with E-state index in [2.05, 4.69) is 15.0 Å². The van der Waals surface area contributed by atoms with Gasteiger partial charge in [0.2, 0.25) is 0 Å². The summed E-state index contributed by atoms with van der Waals surface area (Å²) in [7, 11) is -3.87. The number of anilines is 3. The third-order valence-corrected chi connectivity index (χ3v) is 4.93. The van der Waals surface area contributed by atoms with E-state index in [0.717, 1.165) is 6.07 Å². The van der Waals surface area contributed by atoms with Gasteiger partial charge in [0.15, 0.2) is 0 Å². The minimum absolute atomic E-state index is 0.0493. The van der Waals surface area contributed by atoms with Crippen molar-refractivity contribution < 1.29 is 17.2 Å². The van der Waals surface area contributed by atoms with Crippen LogP contribution >= 0.6 is 0 Å². The van der Waals surface area contributed by atoms with Crippen LogP contribution in [0.2, 0.25) is 0 Å². The van der Waals surface area contributed by atoms with Crippen LogP contribution in [0.25, 0.3) is 0 Å². The van der Waals surface area contributed by atoms with Gasteiger partial charge < -0.3 is 5.32 Å². The van der Waals surface area contributed by atoms with Gasteiger partial charge >= 0.3 is 0 Å². The molecule has 8 heteroatoms. The fraction of sp³-hybridized carbons (Fsp3) is 0.0556. The van der Waals surface area contributed by atoms with Crippen LogP contribution in [0.15, 0.2) is 65.7 Å². The van der Waals surface area contributed by atoms with Crippen LogP contribution in [-0.2, 0) is 10.0 Å². The van der Waals surface area contributed by atoms with E-state index in [0.29, 0.717) is 11.4 Å². The van der Waals surface area contributed by atoms with Crippen molar-refractivity contribution in [3.8, 4) is 0 Å². The lowest BCUT2D eigenvalue weighted by Crippen LogP contribution is -2.14. The Bertz CT molecular complexity index is 1020. The molecule has 0 spiro atoms. The molecular formula is C18H15F2N3O2S. The topological polar surface area (TPSA) is 71.1 Å². The van der Waals surface area contributed by atoms with Crippen molar-refractivity contribution in [2.45, 2.75) is 11.8 Å². The maximum absolute atomic E-state index is 13.3. The van der Waals surface area contributed by atoms with Crippen LogP contribution in [0.5, 0.6) is 0 Å². The number of nitrogens with one attached hydrogen (secondary N) is 2. The Balaban J connectivity index is 1.73. The number of nitrogens with zero attached hydrogens (tertiary/aromatic N) is 1. The molecule has 0 amide bonds. The zero-order valence-corrected chi connectivity index (χ0v) is 14.5. The van der Waals surface area contributed by atoms with Crippen molar-refractivity contribution >= 4 is 27.2 Å². The Morgan fingerprint density at radius 2 is 1.62 bits per heavy atom. The van der Waals surface area contributed by atoms with Gasteiger partial charge in [0.05, 0.1) is 16.8 Å². The van der Waals surface area contributed by atoms with Crippen molar-refractivity contribution in [1.29, 1.82) is 0 Å². The molecule has 5 nitrogen and oxygen atoms in total. The quantitative estimate of drug-likeness (QED) is 0.701. The van der Waals surface area contributed by atoms with Crippen LogP contribution in [0.3, 0.4) is 0 Å². The van der Waals surface area contributed by atoms with E-state index in [4.69, 9.17) is 0 Å². The Labute approximate surface area is 149 Å². The highest BCUT2D eigenvalue weighted by Crippen LogP contribution is 2.20. The number of rotatable bonds is 5. The smallest absolute Gasteiger partial charge is 0.263 e. The summed E-state index contributed by atoms with van der Waals surface area (Å²) in [6.07, 6.45) is 1.44. The molecule has 0 saturated carbocycles. The van der Waals surface area contributed by atoms with Gasteiger partial charge in [0.25, 0.3) is 10.0 Å². The monoisotopic (exact) mass is 375 g/mol. The summed E-state index contributed by atoms with van der Waals surface area (Å²) in [5, 5.41) is 3.02. The molecular weight excluding hydrogens is 360 g/mol. The molecule has 0 saturated heterocycles. The minimum Gasteiger partial charge on any atom is -0.354 e. The number of aromatic nitrogens is 1. The van der Waals surface area contributed by atoms with E-state index in [9.17, 15) is 17.2 Å². The SMILES string of the molecule is Cc1cc(S(=O)(=O)Nc2ccc(Nc3ccc(F)cc3)cn2)ccc1F. The number of hydrogen-bond acceptors (Lipinski definition) is 4. The molecule has 0 bridgehead atoms. The first-order valence-electron chi connectivity index (χ1n) is 7.61. The Hall–Kier alpha value is -3.00. The third kappa shape index (κ3) is 4.15. The average Bonchev–Trinajstić information content (AvgIpc) is 2.61. The maximum atomic E-state index is 13.3. The van der Waals surface area contributed by atoms with Gasteiger partial charge in [-0.2, -0.15) is 0 Å². The van der Waals surface area contributed by atoms with Gasteiger partial charge in [-0.1, -0.05) is 0 Å². The molecule has 2 N–H and O–H groups in total. The second kappa shape index (κ2) is 7.09. The van der Waals surface area contributed by atoms with E-state index in [1.54, 1.807) is 18.2 Å². The highest BCUT2D eigenvalue weighted by Gasteiger charge is 2.16. The van der Waals surface area contributed by atoms with Crippen LogP contribution in [-0.4, -0.2) is 13.4 Å². The molecule has 3 rings (SSSR count). The molecule has 26 heavy (non-hydrogen) atoms. The zero-order valence-electron chi connectivity index (χ0n) is 13.7. The molecule has 0 radical (unpaired) electrons. The molecule has 134 valence electrons. The fourth-order valence-corrected chi connectivity index (χ4v) is 3.30. The first-order valence-corrected chi connectivity index (χ1v) is 9.09. The van der Waals surface area contributed by atoms with Gasteiger partial charge in [-0.05, 0) is 67.1 Å². The lowest BCUT2D eigenvalue weighted by Gasteiger charge is -2.10. The number of benzene rings is 2. The van der Waals surface area contributed by atoms with Crippen molar-refractivity contribution in [2.75, 3.05) is 10.0 Å². The van der Waals surface area contributed by atoms with Gasteiger partial charge in [-0.15, -0.1) is 0 Å². The third-order valence-electron chi connectivity index (χ3n) is 3.58. The fourth-order valence-electron chi connectivity index (χ4n) is 2.21. The van der Waals surface area contributed by atoms with E-state index in [-0.39, 0.29) is 22.1 Å². The van der Waals surface area contributed by atoms with Crippen LogP contribution in [0.1, 0.15) is 5.56 Å². The van der Waals surface area contributed by atoms with E-state index < -0.39 is 15.8 Å². The van der Waals surface area contributed by atoms with Crippen molar-refractivity contribution in [3.05, 3.63) is 78.0 Å². The Morgan fingerprint density at radius 1 is 0.923 bits per heavy atom. The molecule has 0 aliphatic carbocycles. The highest BCUT2D eigenvalue weighted by molar-refractivity contribution is 7.92. The van der Waals surface area contributed by atoms with Gasteiger partial charge in [0.1, 0.15) is 17.5 Å². The predicted octanol–water partition coefficient (Wildman–Crippen LogP) is 4.21. The summed E-state index contributed by atoms with van der Waals surface area (Å²) in [5.74, 6) is -0.690. The lowest BCUT2D eigenvalue weighted by atomic mass is 10.2. The molecule has 0 unspecified atom stereocenters. The molecule has 0 fully saturated rings. The molecule has 0 aliphatic rings. The van der Waals surface area contributed by atoms with Crippen molar-refractivity contribution in [1.82, 2.24) is 4.98 Å². The number of hydrogen-bond donors (Lipinski definition) is 2. The normalized spacial score (nSPS) is 11.2. The van der Waals surface area contributed by atoms with Crippen molar-refractivity contribution in [2.24, 2.45) is 0 Å². The predicted molar refractivity (Wildman–Crippen MR) is 95.9 cm³/mol. The van der Waals surface area contributed by atoms with Crippen LogP contribution in [0, 0.1) is 18.6 Å². The molecule has 0 atom stereocenters. The van der Waals surface area contributed by atoms with E-state index >= 15 is 0 Å². The van der Waals surface area contributed by atoms with Crippen molar-refractivity contribution in [3.63, 3.8) is 0 Å². The summed E-state index contributed by atoms with van der Waals surface area (Å²) in [5.41, 5.74) is 1.51. The zero-order chi connectivity index (χ0) is 18.7. The summed E-state index contributed by atoms with van der Waals surface area (Å²) < 4.78 is 53.2. The van der Waals surface area contributed by atoms with Gasteiger partial charge in [-0.25, -0.2) is 22.2 Å². The lowest BCUT2D eigenvalue weighted by molar-refractivity contribution is 0.598. The highest BCUT2D eigenvalue weighted by atomic mass is 32.2. The molecule has 0 aliphatic heterocycles. The van der Waals surface area contributed by atoms with Crippen LogP contribution < -0.4 is 10.0 Å². The molecule has 2 aromatic carbocycles. The molecule has 1 heterocycles. The summed E-state index contributed by atoms with van der Waals surface area (Å²) in [6.45, 7) is 1.49. The second-order valence-corrected chi connectivity index (χ2v) is 7.26. The second-order valence-electron chi connectivity index (χ2n) is 5.58. The summed E-state index contributed by atoms with van der Waals surface area (Å²) in [6, 6.07) is 12.5. The molecule has 3 aromatic rings. The van der Waals surface area contributed by atoms with Gasteiger partial charge in [0, 0.05) is 5.69 Å². The average molecular weight is 375 g/mol. The van der Waals surface area contributed by atoms with E-state index in [1.165, 1.54) is 43.5 Å². The largest absolute Gasteiger partial charge is 0.354 e.